The van der Waals surface area contributed by atoms with E-state index >= 15 is 0 Å². The number of nitrogen functional groups attached to an aromatic ring is 1. The molecule has 0 radical (unpaired) electrons. The highest BCUT2D eigenvalue weighted by Gasteiger charge is 2.17. The Balaban J connectivity index is 2.35. The van der Waals surface area contributed by atoms with Crippen LogP contribution in [-0.2, 0) is 0 Å². The van der Waals surface area contributed by atoms with E-state index in [1.807, 2.05) is 11.4 Å². The van der Waals surface area contributed by atoms with Crippen molar-refractivity contribution in [3.63, 3.8) is 0 Å². The minimum absolute atomic E-state index is 0.349. The summed E-state index contributed by atoms with van der Waals surface area (Å²) in [5.41, 5.74) is 10.5. The van der Waals surface area contributed by atoms with Gasteiger partial charge in [0.2, 0.25) is 0 Å². The normalized spacial score (nSPS) is 11.6. The van der Waals surface area contributed by atoms with Gasteiger partial charge in [-0.25, -0.2) is 4.98 Å². The van der Waals surface area contributed by atoms with Crippen LogP contribution in [0.3, 0.4) is 0 Å². The largest absolute Gasteiger partial charge is 0.390 e. The number of aromatic nitrogens is 2. The molecule has 0 saturated heterocycles. The number of anilines is 1. The van der Waals surface area contributed by atoms with E-state index in [0.29, 0.717) is 6.04 Å². The third kappa shape index (κ3) is 1.92. The average Bonchev–Trinajstić information content (AvgIpc) is 2.91. The van der Waals surface area contributed by atoms with Gasteiger partial charge in [0, 0.05) is 6.04 Å². The van der Waals surface area contributed by atoms with Crippen LogP contribution in [0.25, 0.3) is 22.4 Å². The Morgan fingerprint density at radius 2 is 2.05 bits per heavy atom. The van der Waals surface area contributed by atoms with E-state index in [4.69, 9.17) is 10.7 Å². The number of benzene rings is 1. The summed E-state index contributed by atoms with van der Waals surface area (Å²) in [6.45, 7) is 6.44. The lowest BCUT2D eigenvalue weighted by molar-refractivity contribution is 0.624. The van der Waals surface area contributed by atoms with E-state index in [1.165, 1.54) is 11.1 Å². The van der Waals surface area contributed by atoms with Crippen molar-refractivity contribution < 1.29 is 0 Å². The molecule has 0 spiro atoms. The van der Waals surface area contributed by atoms with Crippen molar-refractivity contribution in [1.82, 2.24) is 9.55 Å². The van der Waals surface area contributed by atoms with Crippen LogP contribution in [0, 0.1) is 6.92 Å². The summed E-state index contributed by atoms with van der Waals surface area (Å²) >= 11 is 1.56. The topological polar surface area (TPSA) is 43.8 Å². The van der Waals surface area contributed by atoms with Gasteiger partial charge in [0.05, 0.1) is 21.6 Å². The highest BCUT2D eigenvalue weighted by molar-refractivity contribution is 7.14. The molecule has 3 aromatic rings. The highest BCUT2D eigenvalue weighted by Crippen LogP contribution is 2.34. The molecule has 98 valence electrons. The second kappa shape index (κ2) is 4.38. The molecule has 2 N–H and O–H groups in total. The third-order valence-electron chi connectivity index (χ3n) is 3.30. The van der Waals surface area contributed by atoms with Crippen LogP contribution in [-0.4, -0.2) is 9.55 Å². The molecule has 1 aromatic carbocycles. The summed E-state index contributed by atoms with van der Waals surface area (Å²) in [4.78, 5) is 4.79. The van der Waals surface area contributed by atoms with E-state index in [9.17, 15) is 0 Å². The van der Waals surface area contributed by atoms with Crippen LogP contribution in [0.1, 0.15) is 25.5 Å². The SMILES string of the molecule is Cc1ccc2c(c1)nc(-c1ccsc1N)n2C(C)C. The minimum Gasteiger partial charge on any atom is -0.390 e. The first-order valence-electron chi connectivity index (χ1n) is 6.40. The summed E-state index contributed by atoms with van der Waals surface area (Å²) in [7, 11) is 0. The number of hydrogen-bond acceptors (Lipinski definition) is 3. The molecule has 3 nitrogen and oxygen atoms in total. The van der Waals surface area contributed by atoms with Crippen molar-refractivity contribution in [3.8, 4) is 11.4 Å². The second-order valence-corrected chi connectivity index (χ2v) is 6.04. The van der Waals surface area contributed by atoms with Gasteiger partial charge >= 0.3 is 0 Å². The van der Waals surface area contributed by atoms with E-state index in [2.05, 4.69) is 43.5 Å². The van der Waals surface area contributed by atoms with Crippen molar-refractivity contribution in [1.29, 1.82) is 0 Å². The fourth-order valence-corrected chi connectivity index (χ4v) is 3.06. The zero-order chi connectivity index (χ0) is 13.6. The number of imidazole rings is 1. The van der Waals surface area contributed by atoms with Crippen molar-refractivity contribution in [3.05, 3.63) is 35.2 Å². The average molecular weight is 271 g/mol. The molecule has 19 heavy (non-hydrogen) atoms. The maximum atomic E-state index is 6.06. The number of nitrogens with zero attached hydrogens (tertiary/aromatic N) is 2. The maximum Gasteiger partial charge on any atom is 0.144 e. The van der Waals surface area contributed by atoms with Crippen molar-refractivity contribution in [2.75, 3.05) is 5.73 Å². The lowest BCUT2D eigenvalue weighted by Crippen LogP contribution is -2.03. The lowest BCUT2D eigenvalue weighted by atomic mass is 10.2. The summed E-state index contributed by atoms with van der Waals surface area (Å²) in [5.74, 6) is 0.967. The Morgan fingerprint density at radius 3 is 2.68 bits per heavy atom. The molecule has 3 rings (SSSR count). The highest BCUT2D eigenvalue weighted by atomic mass is 32.1. The number of aryl methyl sites for hydroxylation is 1. The van der Waals surface area contributed by atoms with Gasteiger partial charge in [0.25, 0.3) is 0 Å². The second-order valence-electron chi connectivity index (χ2n) is 5.09. The van der Waals surface area contributed by atoms with Gasteiger partial charge < -0.3 is 10.3 Å². The fourth-order valence-electron chi connectivity index (χ4n) is 2.43. The molecule has 0 bridgehead atoms. The van der Waals surface area contributed by atoms with Crippen LogP contribution in [0.2, 0.25) is 0 Å². The summed E-state index contributed by atoms with van der Waals surface area (Å²) in [6, 6.07) is 8.79. The van der Waals surface area contributed by atoms with Crippen LogP contribution in [0.15, 0.2) is 29.6 Å². The Hall–Kier alpha value is -1.81. The molecule has 0 aliphatic carbocycles. The molecular formula is C15H17N3S. The molecule has 0 aliphatic rings. The van der Waals surface area contributed by atoms with Crippen LogP contribution >= 0.6 is 11.3 Å². The van der Waals surface area contributed by atoms with Crippen molar-refractivity contribution in [2.24, 2.45) is 0 Å². The van der Waals surface area contributed by atoms with Crippen LogP contribution < -0.4 is 5.73 Å². The van der Waals surface area contributed by atoms with Gasteiger partial charge in [-0.1, -0.05) is 6.07 Å². The van der Waals surface area contributed by atoms with Gasteiger partial charge in [-0.15, -0.1) is 11.3 Å². The summed E-state index contributed by atoms with van der Waals surface area (Å²) in [6.07, 6.45) is 0. The van der Waals surface area contributed by atoms with Gasteiger partial charge in [-0.2, -0.15) is 0 Å². The number of fused-ring (bicyclic) bond motifs is 1. The zero-order valence-electron chi connectivity index (χ0n) is 11.3. The predicted octanol–water partition coefficient (Wildman–Crippen LogP) is 4.24. The zero-order valence-corrected chi connectivity index (χ0v) is 12.2. The van der Waals surface area contributed by atoms with Gasteiger partial charge in [-0.3, -0.25) is 0 Å². The molecule has 0 aliphatic heterocycles. The molecule has 0 fully saturated rings. The molecule has 0 atom stereocenters. The van der Waals surface area contributed by atoms with Gasteiger partial charge in [-0.05, 0) is 49.9 Å². The molecule has 0 amide bonds. The Kier molecular flexibility index (Phi) is 2.82. The molecule has 0 unspecified atom stereocenters. The fraction of sp³-hybridized carbons (Fsp3) is 0.267. The molecule has 4 heteroatoms. The van der Waals surface area contributed by atoms with Crippen molar-refractivity contribution >= 4 is 27.4 Å². The molecule has 0 saturated carbocycles. The van der Waals surface area contributed by atoms with Gasteiger partial charge in [0.15, 0.2) is 0 Å². The van der Waals surface area contributed by atoms with E-state index in [-0.39, 0.29) is 0 Å². The molecule has 2 aromatic heterocycles. The first-order chi connectivity index (χ1) is 9.08. The number of thiophene rings is 1. The lowest BCUT2D eigenvalue weighted by Gasteiger charge is -2.12. The quantitative estimate of drug-likeness (QED) is 0.757. The van der Waals surface area contributed by atoms with E-state index < -0.39 is 0 Å². The minimum atomic E-state index is 0.349. The Labute approximate surface area is 116 Å². The predicted molar refractivity (Wildman–Crippen MR) is 82.6 cm³/mol. The van der Waals surface area contributed by atoms with Crippen molar-refractivity contribution in [2.45, 2.75) is 26.8 Å². The van der Waals surface area contributed by atoms with Crippen LogP contribution in [0.5, 0.6) is 0 Å². The standard InChI is InChI=1S/C15H17N3S/c1-9(2)18-13-5-4-10(3)8-12(13)17-15(18)11-6-7-19-14(11)16/h4-9H,16H2,1-3H3. The monoisotopic (exact) mass is 271 g/mol. The maximum absolute atomic E-state index is 6.06. The Morgan fingerprint density at radius 1 is 1.26 bits per heavy atom. The third-order valence-corrected chi connectivity index (χ3v) is 4.04. The molecule has 2 heterocycles. The van der Waals surface area contributed by atoms with E-state index in [1.54, 1.807) is 11.3 Å². The number of nitrogens with two attached hydrogens (primary N) is 1. The first kappa shape index (κ1) is 12.2. The van der Waals surface area contributed by atoms with Crippen LogP contribution in [0.4, 0.5) is 5.00 Å². The van der Waals surface area contributed by atoms with Gasteiger partial charge in [0.1, 0.15) is 5.82 Å². The first-order valence-corrected chi connectivity index (χ1v) is 7.28. The smallest absolute Gasteiger partial charge is 0.144 e. The van der Waals surface area contributed by atoms with E-state index in [0.717, 1.165) is 21.9 Å². The number of hydrogen-bond donors (Lipinski definition) is 1. The number of rotatable bonds is 2. The summed E-state index contributed by atoms with van der Waals surface area (Å²) in [5, 5.41) is 2.84. The summed E-state index contributed by atoms with van der Waals surface area (Å²) < 4.78 is 2.26. The molecular weight excluding hydrogens is 254 g/mol. The Bertz CT molecular complexity index is 737.